The monoisotopic (exact) mass is 315 g/mol. The number of hydrogen-bond acceptors (Lipinski definition) is 5. The third-order valence-corrected chi connectivity index (χ3v) is 5.47. The zero-order valence-corrected chi connectivity index (χ0v) is 12.4. The highest BCUT2D eigenvalue weighted by Crippen LogP contribution is 2.28. The van der Waals surface area contributed by atoms with Gasteiger partial charge in [-0.05, 0) is 24.3 Å². The van der Waals surface area contributed by atoms with Gasteiger partial charge in [0, 0.05) is 5.56 Å². The quantitative estimate of drug-likeness (QED) is 0.779. The second-order valence-electron chi connectivity index (χ2n) is 4.11. The summed E-state index contributed by atoms with van der Waals surface area (Å²) in [4.78, 5) is 10.7. The topological polar surface area (TPSA) is 112 Å². The second kappa shape index (κ2) is 5.25. The van der Waals surface area contributed by atoms with Crippen molar-refractivity contribution in [2.45, 2.75) is 25.2 Å². The lowest BCUT2D eigenvalue weighted by molar-refractivity contribution is 0.0698. The highest BCUT2D eigenvalue weighted by atomic mass is 32.2. The van der Waals surface area contributed by atoms with Crippen LogP contribution in [0, 0.1) is 6.92 Å². The summed E-state index contributed by atoms with van der Waals surface area (Å²) in [6.45, 7) is 3.42. The number of hydrogen-bond donors (Lipinski definition) is 3. The van der Waals surface area contributed by atoms with E-state index in [1.165, 1.54) is 11.6 Å². The average Bonchev–Trinajstić information content (AvgIpc) is 2.94. The predicted octanol–water partition coefficient (Wildman–Crippen LogP) is 1.84. The lowest BCUT2D eigenvalue weighted by Crippen LogP contribution is -2.17. The predicted molar refractivity (Wildman–Crippen MR) is 74.8 cm³/mol. The van der Waals surface area contributed by atoms with Crippen molar-refractivity contribution in [3.05, 3.63) is 27.6 Å². The van der Waals surface area contributed by atoms with Crippen LogP contribution in [-0.4, -0.2) is 29.7 Å². The molecule has 0 saturated carbocycles. The van der Waals surface area contributed by atoms with Crippen LogP contribution in [0.2, 0.25) is 0 Å². The third-order valence-electron chi connectivity index (χ3n) is 2.72. The zero-order chi connectivity index (χ0) is 14.9. The highest BCUT2D eigenvalue weighted by molar-refractivity contribution is 7.93. The molecule has 2 heterocycles. The minimum atomic E-state index is -3.97. The molecule has 0 spiro atoms. The maximum Gasteiger partial charge on any atom is 0.347 e. The summed E-state index contributed by atoms with van der Waals surface area (Å²) in [6, 6.07) is 0. The van der Waals surface area contributed by atoms with Crippen LogP contribution in [0.3, 0.4) is 0 Å². The van der Waals surface area contributed by atoms with Gasteiger partial charge in [-0.15, -0.1) is 11.3 Å². The number of anilines is 1. The van der Waals surface area contributed by atoms with E-state index in [2.05, 4.69) is 14.9 Å². The summed E-state index contributed by atoms with van der Waals surface area (Å²) in [5.41, 5.74) is 1.11. The zero-order valence-electron chi connectivity index (χ0n) is 10.8. The molecule has 0 fully saturated rings. The van der Waals surface area contributed by atoms with Gasteiger partial charge in [-0.3, -0.25) is 9.82 Å². The van der Waals surface area contributed by atoms with Crippen LogP contribution >= 0.6 is 11.3 Å². The SMILES string of the molecule is CCc1cn[nH]c1NS(=O)(=O)c1c(C)csc1C(=O)O. The van der Waals surface area contributed by atoms with Crippen LogP contribution in [-0.2, 0) is 16.4 Å². The molecule has 0 bridgehead atoms. The standard InChI is InChI=1S/C11H13N3O4S2/c1-3-7-4-12-13-10(7)14-20(17,18)9-6(2)5-19-8(9)11(15)16/h4-5H,3H2,1-2H3,(H,15,16)(H2,12,13,14). The van der Waals surface area contributed by atoms with Crippen LogP contribution < -0.4 is 4.72 Å². The van der Waals surface area contributed by atoms with Crippen LogP contribution in [0.5, 0.6) is 0 Å². The lowest BCUT2D eigenvalue weighted by Gasteiger charge is -2.08. The first-order valence-corrected chi connectivity index (χ1v) is 8.09. The van der Waals surface area contributed by atoms with Crippen LogP contribution in [0.1, 0.15) is 27.7 Å². The van der Waals surface area contributed by atoms with Crippen molar-refractivity contribution in [2.75, 3.05) is 4.72 Å². The molecule has 108 valence electrons. The number of aryl methyl sites for hydroxylation is 2. The van der Waals surface area contributed by atoms with E-state index in [0.717, 1.165) is 11.3 Å². The minimum Gasteiger partial charge on any atom is -0.477 e. The van der Waals surface area contributed by atoms with E-state index in [0.29, 0.717) is 17.5 Å². The lowest BCUT2D eigenvalue weighted by atomic mass is 10.3. The Bertz CT molecular complexity index is 746. The first-order valence-electron chi connectivity index (χ1n) is 5.73. The number of aromatic amines is 1. The summed E-state index contributed by atoms with van der Waals surface area (Å²) in [7, 11) is -3.97. The summed E-state index contributed by atoms with van der Waals surface area (Å²) >= 11 is 0.889. The Labute approximate surface area is 119 Å². The van der Waals surface area contributed by atoms with Gasteiger partial charge in [-0.1, -0.05) is 6.92 Å². The van der Waals surface area contributed by atoms with E-state index in [9.17, 15) is 13.2 Å². The molecule has 2 aromatic rings. The second-order valence-corrected chi connectivity index (χ2v) is 6.61. The Hall–Kier alpha value is -1.87. The van der Waals surface area contributed by atoms with Gasteiger partial charge in [-0.2, -0.15) is 5.10 Å². The van der Waals surface area contributed by atoms with Crippen molar-refractivity contribution in [2.24, 2.45) is 0 Å². The number of carboxylic acids is 1. The Kier molecular flexibility index (Phi) is 3.82. The van der Waals surface area contributed by atoms with E-state index < -0.39 is 16.0 Å². The normalized spacial score (nSPS) is 11.5. The first kappa shape index (κ1) is 14.5. The van der Waals surface area contributed by atoms with Crippen molar-refractivity contribution in [1.29, 1.82) is 0 Å². The Morgan fingerprint density at radius 1 is 1.55 bits per heavy atom. The summed E-state index contributed by atoms with van der Waals surface area (Å²) in [5.74, 6) is -1.00. The number of aromatic nitrogens is 2. The van der Waals surface area contributed by atoms with Crippen LogP contribution in [0.25, 0.3) is 0 Å². The smallest absolute Gasteiger partial charge is 0.347 e. The Balaban J connectivity index is 2.46. The highest BCUT2D eigenvalue weighted by Gasteiger charge is 2.27. The molecule has 0 aromatic carbocycles. The summed E-state index contributed by atoms with van der Waals surface area (Å²) in [6.07, 6.45) is 2.12. The van der Waals surface area contributed by atoms with Crippen molar-refractivity contribution in [3.63, 3.8) is 0 Å². The van der Waals surface area contributed by atoms with Gasteiger partial charge in [0.15, 0.2) is 0 Å². The fourth-order valence-electron chi connectivity index (χ4n) is 1.77. The van der Waals surface area contributed by atoms with Gasteiger partial charge in [-0.25, -0.2) is 13.2 Å². The van der Waals surface area contributed by atoms with Gasteiger partial charge in [0.25, 0.3) is 10.0 Å². The molecule has 2 rings (SSSR count). The van der Waals surface area contributed by atoms with Gasteiger partial charge in [0.05, 0.1) is 6.20 Å². The number of thiophene rings is 1. The molecule has 3 N–H and O–H groups in total. The molecule has 0 radical (unpaired) electrons. The molecule has 0 saturated heterocycles. The molecule has 20 heavy (non-hydrogen) atoms. The van der Waals surface area contributed by atoms with E-state index in [1.807, 2.05) is 6.92 Å². The number of carbonyl (C=O) groups is 1. The number of aromatic carboxylic acids is 1. The molecular formula is C11H13N3O4S2. The fourth-order valence-corrected chi connectivity index (χ4v) is 4.46. The molecule has 0 atom stereocenters. The van der Waals surface area contributed by atoms with Gasteiger partial charge < -0.3 is 5.11 Å². The molecular weight excluding hydrogens is 302 g/mol. The number of nitrogens with zero attached hydrogens (tertiary/aromatic N) is 1. The summed E-state index contributed by atoms with van der Waals surface area (Å²) in [5, 5.41) is 16.9. The molecule has 0 unspecified atom stereocenters. The number of carboxylic acid groups (broad SMARTS) is 1. The molecule has 9 heteroatoms. The summed E-state index contributed by atoms with van der Waals surface area (Å²) < 4.78 is 27.1. The van der Waals surface area contributed by atoms with Gasteiger partial charge in [0.2, 0.25) is 0 Å². The molecule has 0 aliphatic heterocycles. The largest absolute Gasteiger partial charge is 0.477 e. The van der Waals surface area contributed by atoms with Crippen LogP contribution in [0.4, 0.5) is 5.82 Å². The van der Waals surface area contributed by atoms with E-state index in [4.69, 9.17) is 5.11 Å². The molecule has 0 amide bonds. The molecule has 2 aromatic heterocycles. The molecule has 0 aliphatic carbocycles. The number of nitrogens with one attached hydrogen (secondary N) is 2. The van der Waals surface area contributed by atoms with Gasteiger partial charge in [0.1, 0.15) is 15.6 Å². The number of H-pyrrole nitrogens is 1. The van der Waals surface area contributed by atoms with Crippen molar-refractivity contribution >= 4 is 33.1 Å². The van der Waals surface area contributed by atoms with Crippen molar-refractivity contribution in [3.8, 4) is 0 Å². The van der Waals surface area contributed by atoms with Crippen molar-refractivity contribution in [1.82, 2.24) is 10.2 Å². The third kappa shape index (κ3) is 2.54. The van der Waals surface area contributed by atoms with E-state index in [-0.39, 0.29) is 15.6 Å². The van der Waals surface area contributed by atoms with Crippen molar-refractivity contribution < 1.29 is 18.3 Å². The first-order chi connectivity index (χ1) is 9.36. The van der Waals surface area contributed by atoms with Crippen LogP contribution in [0.15, 0.2) is 16.5 Å². The molecule has 7 nitrogen and oxygen atoms in total. The Morgan fingerprint density at radius 3 is 2.85 bits per heavy atom. The Morgan fingerprint density at radius 2 is 2.25 bits per heavy atom. The molecule has 0 aliphatic rings. The number of sulfonamides is 1. The minimum absolute atomic E-state index is 0.201. The van der Waals surface area contributed by atoms with Gasteiger partial charge >= 0.3 is 5.97 Å². The maximum absolute atomic E-state index is 12.4. The number of rotatable bonds is 5. The fraction of sp³-hybridized carbons (Fsp3) is 0.273. The van der Waals surface area contributed by atoms with E-state index in [1.54, 1.807) is 6.92 Å². The van der Waals surface area contributed by atoms with E-state index >= 15 is 0 Å². The average molecular weight is 315 g/mol. The maximum atomic E-state index is 12.4.